The molecule has 0 atom stereocenters. The molecule has 2 rings (SSSR count). The highest BCUT2D eigenvalue weighted by molar-refractivity contribution is 5.76. The van der Waals surface area contributed by atoms with Crippen molar-refractivity contribution < 1.29 is 9.53 Å². The summed E-state index contributed by atoms with van der Waals surface area (Å²) in [5.74, 6) is 0.917. The van der Waals surface area contributed by atoms with Crippen LogP contribution in [0.5, 0.6) is 5.75 Å². The molecule has 140 valence electrons. The van der Waals surface area contributed by atoms with Gasteiger partial charge in [0.25, 0.3) is 0 Å². The van der Waals surface area contributed by atoms with Crippen LogP contribution < -0.4 is 15.4 Å². The van der Waals surface area contributed by atoms with Gasteiger partial charge in [-0.25, -0.2) is 0 Å². The van der Waals surface area contributed by atoms with E-state index in [0.717, 1.165) is 23.4 Å². The molecule has 0 bridgehead atoms. The van der Waals surface area contributed by atoms with E-state index in [0.29, 0.717) is 19.5 Å². The third kappa shape index (κ3) is 6.10. The van der Waals surface area contributed by atoms with E-state index in [4.69, 9.17) is 4.74 Å². The van der Waals surface area contributed by atoms with Crippen LogP contribution in [0.1, 0.15) is 38.3 Å². The van der Waals surface area contributed by atoms with Crippen molar-refractivity contribution in [3.63, 3.8) is 0 Å². The van der Waals surface area contributed by atoms with Crippen LogP contribution in [0.4, 0.5) is 5.69 Å². The van der Waals surface area contributed by atoms with Gasteiger partial charge in [-0.2, -0.15) is 0 Å². The van der Waals surface area contributed by atoms with E-state index in [1.165, 1.54) is 5.56 Å². The molecular weight excluding hydrogens is 324 g/mol. The molecule has 0 heterocycles. The SMILES string of the molecule is COc1ccccc1CCNC(=O)CCNc1ccc(C(C)(C)C)cc1. The van der Waals surface area contributed by atoms with Crippen LogP contribution in [-0.2, 0) is 16.6 Å². The molecule has 0 unspecified atom stereocenters. The minimum absolute atomic E-state index is 0.0544. The number of benzene rings is 2. The topological polar surface area (TPSA) is 50.4 Å². The van der Waals surface area contributed by atoms with Crippen molar-refractivity contribution in [2.75, 3.05) is 25.5 Å². The van der Waals surface area contributed by atoms with Crippen molar-refractivity contribution in [3.8, 4) is 5.75 Å². The summed E-state index contributed by atoms with van der Waals surface area (Å²) in [4.78, 5) is 12.0. The third-order valence-corrected chi connectivity index (χ3v) is 4.34. The number of ether oxygens (including phenoxy) is 1. The first-order chi connectivity index (χ1) is 12.4. The van der Waals surface area contributed by atoms with Gasteiger partial charge in [0.2, 0.25) is 5.91 Å². The first kappa shape index (κ1) is 19.8. The average molecular weight is 354 g/mol. The lowest BCUT2D eigenvalue weighted by Crippen LogP contribution is -2.27. The van der Waals surface area contributed by atoms with Crippen molar-refractivity contribution in [2.24, 2.45) is 0 Å². The number of carbonyl (C=O) groups is 1. The van der Waals surface area contributed by atoms with Crippen LogP contribution in [0.25, 0.3) is 0 Å². The predicted octanol–water partition coefficient (Wildman–Crippen LogP) is 4.15. The number of nitrogens with one attached hydrogen (secondary N) is 2. The molecule has 0 aliphatic rings. The Morgan fingerprint density at radius 2 is 1.69 bits per heavy atom. The van der Waals surface area contributed by atoms with Crippen molar-refractivity contribution >= 4 is 11.6 Å². The highest BCUT2D eigenvalue weighted by Crippen LogP contribution is 2.23. The molecule has 26 heavy (non-hydrogen) atoms. The molecule has 0 aliphatic carbocycles. The monoisotopic (exact) mass is 354 g/mol. The molecule has 2 N–H and O–H groups in total. The molecular formula is C22H30N2O2. The second-order valence-electron chi connectivity index (χ2n) is 7.42. The Kier molecular flexibility index (Phi) is 7.07. The zero-order valence-corrected chi connectivity index (χ0v) is 16.3. The van der Waals surface area contributed by atoms with Gasteiger partial charge >= 0.3 is 0 Å². The molecule has 0 spiro atoms. The molecule has 4 nitrogen and oxygen atoms in total. The van der Waals surface area contributed by atoms with Crippen molar-refractivity contribution in [3.05, 3.63) is 59.7 Å². The van der Waals surface area contributed by atoms with Gasteiger partial charge in [0.15, 0.2) is 0 Å². The van der Waals surface area contributed by atoms with Crippen molar-refractivity contribution in [1.82, 2.24) is 5.32 Å². The fourth-order valence-electron chi connectivity index (χ4n) is 2.74. The van der Waals surface area contributed by atoms with E-state index in [2.05, 4.69) is 55.7 Å². The van der Waals surface area contributed by atoms with Gasteiger partial charge < -0.3 is 15.4 Å². The Bertz CT molecular complexity index is 703. The average Bonchev–Trinajstić information content (AvgIpc) is 2.62. The van der Waals surface area contributed by atoms with E-state index < -0.39 is 0 Å². The fourth-order valence-corrected chi connectivity index (χ4v) is 2.74. The van der Waals surface area contributed by atoms with Crippen LogP contribution in [0, 0.1) is 0 Å². The summed E-state index contributed by atoms with van der Waals surface area (Å²) in [7, 11) is 1.66. The smallest absolute Gasteiger partial charge is 0.221 e. The lowest BCUT2D eigenvalue weighted by atomic mass is 9.87. The maximum atomic E-state index is 12.0. The number of para-hydroxylation sites is 1. The van der Waals surface area contributed by atoms with E-state index in [-0.39, 0.29) is 11.3 Å². The normalized spacial score (nSPS) is 11.1. The van der Waals surface area contributed by atoms with Crippen LogP contribution in [0.2, 0.25) is 0 Å². The number of hydrogen-bond donors (Lipinski definition) is 2. The quantitative estimate of drug-likeness (QED) is 0.749. The molecule has 0 aliphatic heterocycles. The number of carbonyl (C=O) groups excluding carboxylic acids is 1. The molecule has 2 aromatic carbocycles. The van der Waals surface area contributed by atoms with Gasteiger partial charge in [-0.05, 0) is 41.2 Å². The fraction of sp³-hybridized carbons (Fsp3) is 0.409. The van der Waals surface area contributed by atoms with E-state index >= 15 is 0 Å². The zero-order valence-electron chi connectivity index (χ0n) is 16.3. The minimum atomic E-state index is 0.0544. The number of methoxy groups -OCH3 is 1. The summed E-state index contributed by atoms with van der Waals surface area (Å²) >= 11 is 0. The molecule has 2 aromatic rings. The summed E-state index contributed by atoms with van der Waals surface area (Å²) in [5.41, 5.74) is 3.60. The van der Waals surface area contributed by atoms with Crippen LogP contribution in [-0.4, -0.2) is 26.1 Å². The zero-order chi connectivity index (χ0) is 19.0. The van der Waals surface area contributed by atoms with Crippen LogP contribution >= 0.6 is 0 Å². The Balaban J connectivity index is 1.69. The Labute approximate surface area is 157 Å². The summed E-state index contributed by atoms with van der Waals surface area (Å²) in [6, 6.07) is 16.3. The highest BCUT2D eigenvalue weighted by Gasteiger charge is 2.12. The summed E-state index contributed by atoms with van der Waals surface area (Å²) < 4.78 is 5.32. The second-order valence-corrected chi connectivity index (χ2v) is 7.42. The molecule has 0 radical (unpaired) electrons. The lowest BCUT2D eigenvalue weighted by Gasteiger charge is -2.19. The van der Waals surface area contributed by atoms with Gasteiger partial charge in [0.05, 0.1) is 7.11 Å². The minimum Gasteiger partial charge on any atom is -0.496 e. The number of rotatable bonds is 8. The highest BCUT2D eigenvalue weighted by atomic mass is 16.5. The molecule has 0 saturated carbocycles. The van der Waals surface area contributed by atoms with Crippen molar-refractivity contribution in [2.45, 2.75) is 39.0 Å². The maximum absolute atomic E-state index is 12.0. The van der Waals surface area contributed by atoms with Crippen molar-refractivity contribution in [1.29, 1.82) is 0 Å². The number of amides is 1. The van der Waals surface area contributed by atoms with Gasteiger partial charge in [-0.3, -0.25) is 4.79 Å². The van der Waals surface area contributed by atoms with Gasteiger partial charge in [-0.1, -0.05) is 51.1 Å². The molecule has 1 amide bonds. The van der Waals surface area contributed by atoms with Gasteiger partial charge in [-0.15, -0.1) is 0 Å². The molecule has 0 saturated heterocycles. The van der Waals surface area contributed by atoms with E-state index in [1.807, 2.05) is 24.3 Å². The first-order valence-electron chi connectivity index (χ1n) is 9.13. The third-order valence-electron chi connectivity index (χ3n) is 4.34. The first-order valence-corrected chi connectivity index (χ1v) is 9.13. The summed E-state index contributed by atoms with van der Waals surface area (Å²) in [6.07, 6.45) is 1.21. The van der Waals surface area contributed by atoms with E-state index in [9.17, 15) is 4.79 Å². The largest absolute Gasteiger partial charge is 0.496 e. The Morgan fingerprint density at radius 1 is 1.00 bits per heavy atom. The van der Waals surface area contributed by atoms with Gasteiger partial charge in [0, 0.05) is 25.2 Å². The Hall–Kier alpha value is -2.49. The lowest BCUT2D eigenvalue weighted by molar-refractivity contribution is -0.120. The predicted molar refractivity (Wildman–Crippen MR) is 108 cm³/mol. The molecule has 0 aromatic heterocycles. The maximum Gasteiger partial charge on any atom is 0.221 e. The number of hydrogen-bond acceptors (Lipinski definition) is 3. The van der Waals surface area contributed by atoms with Crippen LogP contribution in [0.3, 0.4) is 0 Å². The standard InChI is InChI=1S/C22H30N2O2/c1-22(2,3)18-9-11-19(12-10-18)23-16-14-21(25)24-15-13-17-7-5-6-8-20(17)26-4/h5-12,23H,13-16H2,1-4H3,(H,24,25). The van der Waals surface area contributed by atoms with Crippen LogP contribution in [0.15, 0.2) is 48.5 Å². The van der Waals surface area contributed by atoms with Gasteiger partial charge in [0.1, 0.15) is 5.75 Å². The molecule has 0 fully saturated rings. The summed E-state index contributed by atoms with van der Waals surface area (Å²) in [5, 5.41) is 6.26. The molecule has 4 heteroatoms. The second kappa shape index (κ2) is 9.27. The van der Waals surface area contributed by atoms with E-state index in [1.54, 1.807) is 7.11 Å². The summed E-state index contributed by atoms with van der Waals surface area (Å²) in [6.45, 7) is 7.83. The Morgan fingerprint density at radius 3 is 2.35 bits per heavy atom. The number of anilines is 1.